The first kappa shape index (κ1) is 16.5. The summed E-state index contributed by atoms with van der Waals surface area (Å²) in [6.45, 7) is 1.83. The van der Waals surface area contributed by atoms with Crippen LogP contribution in [-0.2, 0) is 16.4 Å². The van der Waals surface area contributed by atoms with Crippen LogP contribution in [0.4, 0.5) is 8.78 Å². The minimum Gasteiger partial charge on any atom is -0.261 e. The highest BCUT2D eigenvalue weighted by molar-refractivity contribution is 7.89. The average Bonchev–Trinajstić information content (AvgIpc) is 2.48. The van der Waals surface area contributed by atoms with E-state index in [1.165, 1.54) is 0 Å². The maximum atomic E-state index is 13.7. The van der Waals surface area contributed by atoms with Crippen LogP contribution in [-0.4, -0.2) is 30.8 Å². The lowest BCUT2D eigenvalue weighted by molar-refractivity contribution is 0.418. The van der Waals surface area contributed by atoms with Gasteiger partial charge >= 0.3 is 0 Å². The molecule has 118 valence electrons. The lowest BCUT2D eigenvalue weighted by Crippen LogP contribution is -2.34. The minimum atomic E-state index is -4.23. The zero-order valence-corrected chi connectivity index (χ0v) is 12.9. The Morgan fingerprint density at radius 3 is 2.32 bits per heavy atom. The Labute approximate surface area is 128 Å². The summed E-state index contributed by atoms with van der Waals surface area (Å²) in [6, 6.07) is 8.32. The number of rotatable bonds is 6. The van der Waals surface area contributed by atoms with Crippen LogP contribution >= 0.6 is 0 Å². The van der Waals surface area contributed by atoms with Crippen molar-refractivity contribution in [2.75, 3.05) is 13.1 Å². The van der Waals surface area contributed by atoms with Crippen LogP contribution in [0.1, 0.15) is 12.6 Å². The van der Waals surface area contributed by atoms with E-state index < -0.39 is 26.6 Å². The van der Waals surface area contributed by atoms with Crippen molar-refractivity contribution in [3.05, 3.63) is 59.9 Å². The van der Waals surface area contributed by atoms with Crippen LogP contribution in [0.5, 0.6) is 0 Å². The quantitative estimate of drug-likeness (QED) is 0.820. The molecular formula is C15H16F2N2O2S. The molecule has 1 aromatic carbocycles. The van der Waals surface area contributed by atoms with Gasteiger partial charge in [-0.3, -0.25) is 4.98 Å². The number of sulfonamides is 1. The van der Waals surface area contributed by atoms with Crippen LogP contribution < -0.4 is 0 Å². The molecule has 0 aliphatic heterocycles. The second-order valence-electron chi connectivity index (χ2n) is 4.62. The summed E-state index contributed by atoms with van der Waals surface area (Å²) in [6.07, 6.45) is 1.97. The fourth-order valence-corrected chi connectivity index (χ4v) is 3.65. The Bertz CT molecular complexity index is 716. The van der Waals surface area contributed by atoms with Gasteiger partial charge in [-0.15, -0.1) is 0 Å². The Morgan fingerprint density at radius 1 is 1.09 bits per heavy atom. The lowest BCUT2D eigenvalue weighted by atomic mass is 10.3. The maximum absolute atomic E-state index is 13.7. The molecule has 0 amide bonds. The molecular weight excluding hydrogens is 310 g/mol. The third-order valence-corrected chi connectivity index (χ3v) is 5.24. The monoisotopic (exact) mass is 326 g/mol. The number of halogens is 2. The number of hydrogen-bond donors (Lipinski definition) is 0. The predicted octanol–water partition coefficient (Wildman–Crippen LogP) is 2.61. The van der Waals surface area contributed by atoms with Gasteiger partial charge in [-0.05, 0) is 24.3 Å². The first-order chi connectivity index (χ1) is 10.5. The van der Waals surface area contributed by atoms with Crippen molar-refractivity contribution in [1.82, 2.24) is 9.29 Å². The van der Waals surface area contributed by atoms with Crippen molar-refractivity contribution in [2.24, 2.45) is 0 Å². The van der Waals surface area contributed by atoms with E-state index in [4.69, 9.17) is 0 Å². The third-order valence-electron chi connectivity index (χ3n) is 3.21. The highest BCUT2D eigenvalue weighted by Gasteiger charge is 2.29. The molecule has 2 rings (SSSR count). The standard InChI is InChI=1S/C15H16F2N2O2S/c1-2-19(11-9-12-6-3-4-10-18-12)22(20,21)15-13(16)7-5-8-14(15)17/h3-8,10H,2,9,11H2,1H3. The summed E-state index contributed by atoms with van der Waals surface area (Å²) in [5.74, 6) is -2.17. The molecule has 0 unspecified atom stereocenters. The fraction of sp³-hybridized carbons (Fsp3) is 0.267. The Balaban J connectivity index is 2.26. The van der Waals surface area contributed by atoms with Gasteiger partial charge in [0.05, 0.1) is 0 Å². The number of pyridine rings is 1. The molecule has 0 bridgehead atoms. The predicted molar refractivity (Wildman–Crippen MR) is 78.7 cm³/mol. The highest BCUT2D eigenvalue weighted by atomic mass is 32.2. The molecule has 0 atom stereocenters. The number of benzene rings is 1. The van der Waals surface area contributed by atoms with Crippen molar-refractivity contribution in [1.29, 1.82) is 0 Å². The van der Waals surface area contributed by atoms with Crippen molar-refractivity contribution < 1.29 is 17.2 Å². The molecule has 7 heteroatoms. The zero-order valence-electron chi connectivity index (χ0n) is 12.0. The largest absolute Gasteiger partial charge is 0.261 e. The lowest BCUT2D eigenvalue weighted by Gasteiger charge is -2.20. The zero-order chi connectivity index (χ0) is 16.2. The van der Waals surface area contributed by atoms with Gasteiger partial charge in [-0.25, -0.2) is 17.2 Å². The van der Waals surface area contributed by atoms with Gasteiger partial charge in [0, 0.05) is 31.4 Å². The van der Waals surface area contributed by atoms with Crippen LogP contribution in [0.2, 0.25) is 0 Å². The van der Waals surface area contributed by atoms with E-state index in [1.807, 2.05) is 0 Å². The normalized spacial score (nSPS) is 11.8. The highest BCUT2D eigenvalue weighted by Crippen LogP contribution is 2.22. The maximum Gasteiger partial charge on any atom is 0.248 e. The molecule has 0 N–H and O–H groups in total. The summed E-state index contributed by atoms with van der Waals surface area (Å²) in [5, 5.41) is 0. The van der Waals surface area contributed by atoms with Crippen molar-refractivity contribution >= 4 is 10.0 Å². The van der Waals surface area contributed by atoms with Gasteiger partial charge < -0.3 is 0 Å². The Morgan fingerprint density at radius 2 is 1.77 bits per heavy atom. The average molecular weight is 326 g/mol. The summed E-state index contributed by atoms with van der Waals surface area (Å²) in [5.41, 5.74) is 0.713. The molecule has 4 nitrogen and oxygen atoms in total. The second-order valence-corrected chi connectivity index (χ2v) is 6.49. The van der Waals surface area contributed by atoms with Crippen molar-refractivity contribution in [2.45, 2.75) is 18.2 Å². The molecule has 0 spiro atoms. The van der Waals surface area contributed by atoms with Gasteiger partial charge in [0.25, 0.3) is 0 Å². The molecule has 2 aromatic rings. The van der Waals surface area contributed by atoms with Gasteiger partial charge in [0.2, 0.25) is 10.0 Å². The van der Waals surface area contributed by atoms with E-state index >= 15 is 0 Å². The van der Waals surface area contributed by atoms with E-state index in [0.29, 0.717) is 12.1 Å². The van der Waals surface area contributed by atoms with E-state index in [-0.39, 0.29) is 13.1 Å². The number of likely N-dealkylation sites (N-methyl/N-ethyl adjacent to an activating group) is 1. The second kappa shape index (κ2) is 6.93. The molecule has 1 aromatic heterocycles. The summed E-state index contributed by atoms with van der Waals surface area (Å²) >= 11 is 0. The number of hydrogen-bond acceptors (Lipinski definition) is 3. The van der Waals surface area contributed by atoms with Crippen LogP contribution in [0.15, 0.2) is 47.5 Å². The smallest absolute Gasteiger partial charge is 0.248 e. The SMILES string of the molecule is CCN(CCc1ccccn1)S(=O)(=O)c1c(F)cccc1F. The first-order valence-corrected chi connectivity index (χ1v) is 8.25. The number of nitrogens with zero attached hydrogens (tertiary/aromatic N) is 2. The van der Waals surface area contributed by atoms with Crippen LogP contribution in [0, 0.1) is 11.6 Å². The topological polar surface area (TPSA) is 50.3 Å². The molecule has 22 heavy (non-hydrogen) atoms. The van der Waals surface area contributed by atoms with Crippen LogP contribution in [0.3, 0.4) is 0 Å². The van der Waals surface area contributed by atoms with Crippen LogP contribution in [0.25, 0.3) is 0 Å². The van der Waals surface area contributed by atoms with E-state index in [0.717, 1.165) is 22.5 Å². The molecule has 0 aliphatic rings. The summed E-state index contributed by atoms with van der Waals surface area (Å²) in [4.78, 5) is 3.20. The fourth-order valence-electron chi connectivity index (χ4n) is 2.09. The van der Waals surface area contributed by atoms with Gasteiger partial charge in [-0.1, -0.05) is 19.1 Å². The third kappa shape index (κ3) is 3.48. The van der Waals surface area contributed by atoms with Crippen molar-refractivity contribution in [3.63, 3.8) is 0 Å². The minimum absolute atomic E-state index is 0.101. The molecule has 1 heterocycles. The molecule has 0 fully saturated rings. The van der Waals surface area contributed by atoms with Gasteiger partial charge in [0.15, 0.2) is 4.90 Å². The van der Waals surface area contributed by atoms with Gasteiger partial charge in [0.1, 0.15) is 11.6 Å². The summed E-state index contributed by atoms with van der Waals surface area (Å²) in [7, 11) is -4.23. The molecule has 0 aliphatic carbocycles. The van der Waals surface area contributed by atoms with Crippen molar-refractivity contribution in [3.8, 4) is 0 Å². The van der Waals surface area contributed by atoms with Gasteiger partial charge in [-0.2, -0.15) is 4.31 Å². The molecule has 0 radical (unpaired) electrons. The summed E-state index contributed by atoms with van der Waals surface area (Å²) < 4.78 is 53.4. The van der Waals surface area contributed by atoms with E-state index in [9.17, 15) is 17.2 Å². The number of aromatic nitrogens is 1. The Kier molecular flexibility index (Phi) is 5.20. The molecule has 0 saturated carbocycles. The first-order valence-electron chi connectivity index (χ1n) is 6.81. The van der Waals surface area contributed by atoms with E-state index in [1.54, 1.807) is 31.3 Å². The molecule has 0 saturated heterocycles. The van der Waals surface area contributed by atoms with E-state index in [2.05, 4.69) is 4.98 Å². The Hall–Kier alpha value is -1.86.